The zero-order valence-electron chi connectivity index (χ0n) is 75.6. The molecule has 20 rings (SSSR count). The monoisotopic (exact) mass is 1910 g/mol. The number of hydrogen-bond acceptors (Lipinski definition) is 20. The van der Waals surface area contributed by atoms with Gasteiger partial charge in [-0.05, 0) is 191 Å². The van der Waals surface area contributed by atoms with Crippen molar-refractivity contribution in [1.82, 2.24) is 97.7 Å². The third kappa shape index (κ3) is 19.6. The molecule has 4 N–H and O–H groups in total. The molecule has 0 radical (unpaired) electrons. The summed E-state index contributed by atoms with van der Waals surface area (Å²) in [6.07, 6.45) is 29.1. The second kappa shape index (κ2) is 37.3. The lowest BCUT2D eigenvalue weighted by Crippen LogP contribution is -2.38. The van der Waals surface area contributed by atoms with Crippen LogP contribution in [0.4, 0.5) is 75.0 Å². The quantitative estimate of drug-likeness (QED) is 0.0413. The Morgan fingerprint density at radius 1 is 0.402 bits per heavy atom. The van der Waals surface area contributed by atoms with Crippen molar-refractivity contribution in [3.8, 4) is 22.7 Å². The number of nitrogens with one attached hydrogen (secondary N) is 4. The van der Waals surface area contributed by atoms with Crippen molar-refractivity contribution in [2.24, 2.45) is 23.7 Å². The normalized spacial score (nSPS) is 19.4. The number of nitrogens with zero attached hydrogens (tertiary/aromatic N) is 24. The minimum atomic E-state index is -0.428. The number of halogens is 6. The SMILES string of the molecule is CC(C)[C@H]1CN(C)C(=O)N1c1ccnc(NC2(c3cn(-c4cc(Cl)cc(C5CC5)c4)cn3)CC2)n1.CC(C)[C@H]1CN(C)C(=O)N1c1ccnc(NC2(c3cn(-c4cc(Cl)ccc4F)cn3)CC2)n1.CC(C)[C@H]1CN(C)C(=O)N1c1ccnc(NC2(c3cn(-c4cc(F)cc(Br)c4)cn3)CC2)n1.CC(C)[C@H]1CN(C)C(=O)N1c1ccnc(N[C@@H](C)c2cn(-c3cccc(Cl)c3)cn2)n1. The molecular weight excluding hydrogens is 1810 g/mol. The van der Waals surface area contributed by atoms with E-state index in [-0.39, 0.29) is 83.0 Å². The van der Waals surface area contributed by atoms with Crippen LogP contribution >= 0.6 is 50.7 Å². The molecule has 8 fully saturated rings. The maximum absolute atomic E-state index is 14.3. The lowest BCUT2D eigenvalue weighted by atomic mass is 10.0. The Labute approximate surface area is 788 Å². The van der Waals surface area contributed by atoms with E-state index in [0.29, 0.717) is 123 Å². The van der Waals surface area contributed by atoms with E-state index in [1.807, 2.05) is 98.4 Å². The van der Waals surface area contributed by atoms with E-state index in [1.54, 1.807) is 130 Å². The van der Waals surface area contributed by atoms with Gasteiger partial charge in [-0.2, -0.15) is 19.9 Å². The number of aromatic nitrogens is 16. The molecule has 4 aromatic carbocycles. The van der Waals surface area contributed by atoms with Crippen LogP contribution in [-0.4, -0.2) is 200 Å². The highest BCUT2D eigenvalue weighted by atomic mass is 79.9. The minimum Gasteiger partial charge on any atom is -0.346 e. The van der Waals surface area contributed by atoms with Gasteiger partial charge in [-0.1, -0.05) is 112 Å². The summed E-state index contributed by atoms with van der Waals surface area (Å²) in [5.41, 5.74) is 6.60. The third-order valence-electron chi connectivity index (χ3n) is 25.5. The summed E-state index contributed by atoms with van der Waals surface area (Å²) in [7, 11) is 7.26. The van der Waals surface area contributed by atoms with Crippen LogP contribution in [0.1, 0.15) is 154 Å². The summed E-state index contributed by atoms with van der Waals surface area (Å²) < 4.78 is 36.2. The summed E-state index contributed by atoms with van der Waals surface area (Å²) in [5.74, 6) is 5.40. The molecule has 12 heterocycles. The van der Waals surface area contributed by atoms with Crippen LogP contribution < -0.4 is 40.9 Å². The minimum absolute atomic E-state index is 0.0275. The van der Waals surface area contributed by atoms with Gasteiger partial charge < -0.3 is 59.1 Å². The van der Waals surface area contributed by atoms with Gasteiger partial charge in [0.25, 0.3) is 0 Å². The first-order chi connectivity index (χ1) is 63.2. The van der Waals surface area contributed by atoms with Crippen molar-refractivity contribution in [3.63, 3.8) is 0 Å². The maximum Gasteiger partial charge on any atom is 0.325 e. The van der Waals surface area contributed by atoms with E-state index >= 15 is 0 Å². The number of carbonyl (C=O) groups is 4. The maximum atomic E-state index is 14.3. The summed E-state index contributed by atoms with van der Waals surface area (Å²) >= 11 is 21.9. The first-order valence-corrected chi connectivity index (χ1v) is 46.4. The average Bonchev–Trinajstić information content (AvgIpc) is 1.60. The summed E-state index contributed by atoms with van der Waals surface area (Å²) in [6, 6.07) is 30.0. The first-order valence-electron chi connectivity index (χ1n) is 44.5. The fraction of sp³-hybridized carbons (Fsp3) is 0.404. The van der Waals surface area contributed by atoms with Crippen LogP contribution in [-0.2, 0) is 16.6 Å². The molecule has 4 saturated carbocycles. The van der Waals surface area contributed by atoms with Gasteiger partial charge in [0.2, 0.25) is 23.8 Å². The van der Waals surface area contributed by atoms with E-state index in [1.165, 1.54) is 42.7 Å². The molecule has 8 aliphatic rings. The number of benzene rings is 4. The number of imidazole rings is 4. The molecule has 0 unspecified atom stereocenters. The highest BCUT2D eigenvalue weighted by molar-refractivity contribution is 9.10. The van der Waals surface area contributed by atoms with Crippen molar-refractivity contribution in [2.45, 2.75) is 166 Å². The Morgan fingerprint density at radius 3 is 1.19 bits per heavy atom. The van der Waals surface area contributed by atoms with Gasteiger partial charge in [0.1, 0.15) is 34.9 Å². The zero-order valence-corrected chi connectivity index (χ0v) is 79.5. The number of rotatable bonds is 25. The fourth-order valence-electron chi connectivity index (χ4n) is 17.2. The highest BCUT2D eigenvalue weighted by Crippen LogP contribution is 2.51. The van der Waals surface area contributed by atoms with E-state index in [4.69, 9.17) is 44.8 Å². The number of carbonyl (C=O) groups excluding carboxylic acids is 4. The van der Waals surface area contributed by atoms with Crippen molar-refractivity contribution in [2.75, 3.05) is 95.2 Å². The van der Waals surface area contributed by atoms with Crippen LogP contribution in [0, 0.1) is 35.3 Å². The Morgan fingerprint density at radius 2 is 0.780 bits per heavy atom. The van der Waals surface area contributed by atoms with E-state index in [9.17, 15) is 28.0 Å². The molecular formula is C94H106BrCl3F2N28O4. The summed E-state index contributed by atoms with van der Waals surface area (Å²) in [5, 5.41) is 15.5. The molecule has 8 aromatic heterocycles. The van der Waals surface area contributed by atoms with Gasteiger partial charge in [-0.3, -0.25) is 19.6 Å². The van der Waals surface area contributed by atoms with Gasteiger partial charge in [0, 0.05) is 135 Å². The molecule has 5 atom stereocenters. The molecule has 688 valence electrons. The summed E-state index contributed by atoms with van der Waals surface area (Å²) in [4.78, 5) is 120. The first kappa shape index (κ1) is 91.4. The predicted octanol–water partition coefficient (Wildman–Crippen LogP) is 18.6. The lowest BCUT2D eigenvalue weighted by molar-refractivity contribution is 0.228. The Bertz CT molecular complexity index is 6250. The van der Waals surface area contributed by atoms with Crippen molar-refractivity contribution in [3.05, 3.63) is 238 Å². The third-order valence-corrected chi connectivity index (χ3v) is 26.7. The number of anilines is 8. The van der Waals surface area contributed by atoms with Crippen molar-refractivity contribution < 1.29 is 28.0 Å². The Hall–Kier alpha value is -12.5. The number of urea groups is 4. The van der Waals surface area contributed by atoms with Gasteiger partial charge in [0.05, 0.1) is 106 Å². The zero-order chi connectivity index (χ0) is 93.1. The largest absolute Gasteiger partial charge is 0.346 e. The van der Waals surface area contributed by atoms with Gasteiger partial charge in [0.15, 0.2) is 0 Å². The van der Waals surface area contributed by atoms with E-state index < -0.39 is 5.54 Å². The molecule has 8 amide bonds. The van der Waals surface area contributed by atoms with Crippen LogP contribution in [0.5, 0.6) is 0 Å². The van der Waals surface area contributed by atoms with Crippen molar-refractivity contribution in [1.29, 1.82) is 0 Å². The fourth-order valence-corrected chi connectivity index (χ4v) is 18.3. The molecule has 0 spiro atoms. The smallest absolute Gasteiger partial charge is 0.325 e. The Balaban J connectivity index is 0.000000123. The number of amides is 8. The second-order valence-electron chi connectivity index (χ2n) is 36.7. The van der Waals surface area contributed by atoms with Gasteiger partial charge in [-0.25, -0.2) is 67.8 Å². The molecule has 4 saturated heterocycles. The van der Waals surface area contributed by atoms with E-state index in [0.717, 1.165) is 77.7 Å². The molecule has 38 heteroatoms. The van der Waals surface area contributed by atoms with Gasteiger partial charge >= 0.3 is 24.1 Å². The molecule has 32 nitrogen and oxygen atoms in total. The van der Waals surface area contributed by atoms with Crippen LogP contribution in [0.25, 0.3) is 22.7 Å². The number of hydrogen-bond donors (Lipinski definition) is 4. The average molecular weight is 1920 g/mol. The molecule has 12 aromatic rings. The van der Waals surface area contributed by atoms with Gasteiger partial charge in [-0.15, -0.1) is 0 Å². The molecule has 4 aliphatic carbocycles. The summed E-state index contributed by atoms with van der Waals surface area (Å²) in [6.45, 7) is 21.6. The molecule has 132 heavy (non-hydrogen) atoms. The predicted molar refractivity (Wildman–Crippen MR) is 509 cm³/mol. The standard InChI is InChI=1S/C26H30ClN7O.C23H25BrFN7O.C23H25ClFN7O.C22H26ClN7O/c1-16(2)21-13-32(3)25(35)34(21)23-6-9-28-24(30-23)31-26(7-8-26)22-14-33(15-29-22)20-11-18(17-4-5-17)10-19(27)12-20;1-14(2)18-11-30(3)22(33)32(18)20-4-7-26-21(28-20)29-23(5-6-23)19-12-31(13-27-19)17-9-15(24)8-16(25)10-17;1-14(2)18-11-30(3)22(33)32(18)20-6-9-26-21(28-20)29-23(7-8-23)19-12-31(13-27-19)17-10-15(24)4-5-16(17)25;1-14(2)19-12-28(4)22(31)30(19)20-8-9-24-21(27-20)26-15(3)18-11-29(13-25-18)17-7-5-6-16(23)10-17/h6,9-12,14-17,21H,4-5,7-8,13H2,1-3H3,(H,28,30,31);4,7-10,12-14,18H,5-6,11H2,1-3H3,(H,26,28,29);4-6,9-10,12-14,18H,7-8,11H2,1-3H3,(H,26,28,29);5-11,13-15,19H,12H2,1-4H3,(H,24,26,27)/t21-;2*18-;15-,19+/m1110/s1. The Kier molecular flexibility index (Phi) is 25.8. The lowest BCUT2D eigenvalue weighted by Gasteiger charge is -2.25. The van der Waals surface area contributed by atoms with Crippen LogP contribution in [0.2, 0.25) is 15.1 Å². The van der Waals surface area contributed by atoms with Crippen molar-refractivity contribution >= 4 is 122 Å². The topological polar surface area (TPSA) is 317 Å². The number of likely N-dealkylation sites (N-methyl/N-ethyl adjacent to an activating group) is 4. The van der Waals surface area contributed by atoms with Crippen LogP contribution in [0.15, 0.2) is 182 Å². The van der Waals surface area contributed by atoms with E-state index in [2.05, 4.69) is 161 Å². The molecule has 4 aliphatic heterocycles. The second-order valence-corrected chi connectivity index (χ2v) is 39.0. The highest BCUT2D eigenvalue weighted by Gasteiger charge is 2.51. The molecule has 0 bridgehead atoms. The van der Waals surface area contributed by atoms with Crippen LogP contribution in [0.3, 0.4) is 0 Å².